The molecule has 7 nitrogen and oxygen atoms in total. The van der Waals surface area contributed by atoms with E-state index in [2.05, 4.69) is 10.00 Å². The van der Waals surface area contributed by atoms with Crippen LogP contribution < -0.4 is 4.90 Å². The first-order valence-electron chi connectivity index (χ1n) is 6.31. The first-order valence-corrected chi connectivity index (χ1v) is 7.70. The van der Waals surface area contributed by atoms with Crippen molar-refractivity contribution in [3.8, 4) is 0 Å². The van der Waals surface area contributed by atoms with Crippen LogP contribution in [0.4, 0.5) is 11.4 Å². The molecule has 0 radical (unpaired) electrons. The van der Waals surface area contributed by atoms with E-state index < -0.39 is 0 Å². The zero-order chi connectivity index (χ0) is 15.0. The molecular weight excluding hydrogens is 310 g/mol. The fraction of sp³-hybridized carbons (Fsp3) is 0.333. The lowest BCUT2D eigenvalue weighted by Gasteiger charge is -2.30. The van der Waals surface area contributed by atoms with Crippen LogP contribution in [0.15, 0.2) is 29.4 Å². The number of thioether (sulfide) groups is 1. The number of benzene rings is 1. The summed E-state index contributed by atoms with van der Waals surface area (Å²) in [6.07, 6.45) is 1.66. The molecule has 0 saturated carbocycles. The Bertz CT molecular complexity index is 754. The van der Waals surface area contributed by atoms with E-state index in [-0.39, 0.29) is 10.6 Å². The Morgan fingerprint density at radius 3 is 3.00 bits per heavy atom. The van der Waals surface area contributed by atoms with Crippen molar-refractivity contribution in [2.75, 3.05) is 17.2 Å². The van der Waals surface area contributed by atoms with Gasteiger partial charge in [0.1, 0.15) is 13.0 Å². The summed E-state index contributed by atoms with van der Waals surface area (Å²) in [5.74, 6) is 0.935. The Hall–Kier alpha value is -1.87. The summed E-state index contributed by atoms with van der Waals surface area (Å²) in [4.78, 5) is 13.7. The number of nitro groups is 1. The number of aryl methyl sites for hydroxylation is 1. The van der Waals surface area contributed by atoms with Crippen LogP contribution in [0, 0.1) is 14.9 Å². The molecule has 110 valence electrons. The molecule has 0 amide bonds. The minimum atomic E-state index is -0.371. The largest absolute Gasteiger partial charge is 0.350 e. The van der Waals surface area contributed by atoms with Gasteiger partial charge in [-0.15, -0.1) is 11.8 Å². The van der Waals surface area contributed by atoms with Crippen molar-refractivity contribution in [3.63, 3.8) is 0 Å². The van der Waals surface area contributed by atoms with Crippen molar-refractivity contribution in [2.45, 2.75) is 11.6 Å². The Labute approximate surface area is 130 Å². The van der Waals surface area contributed by atoms with E-state index in [4.69, 9.17) is 12.2 Å². The van der Waals surface area contributed by atoms with Crippen molar-refractivity contribution in [1.29, 1.82) is 0 Å². The Kier molecular flexibility index (Phi) is 3.68. The molecule has 21 heavy (non-hydrogen) atoms. The molecule has 0 aliphatic carbocycles. The third-order valence-electron chi connectivity index (χ3n) is 3.30. The highest BCUT2D eigenvalue weighted by molar-refractivity contribution is 7.99. The predicted molar refractivity (Wildman–Crippen MR) is 83.2 cm³/mol. The van der Waals surface area contributed by atoms with Gasteiger partial charge in [0.05, 0.1) is 10.6 Å². The fourth-order valence-corrected chi connectivity index (χ4v) is 3.38. The van der Waals surface area contributed by atoms with Gasteiger partial charge in [-0.05, 0) is 18.3 Å². The molecule has 0 spiro atoms. The van der Waals surface area contributed by atoms with Crippen molar-refractivity contribution in [2.24, 2.45) is 7.05 Å². The van der Waals surface area contributed by atoms with E-state index in [1.165, 1.54) is 0 Å². The molecule has 0 saturated heterocycles. The van der Waals surface area contributed by atoms with E-state index in [0.717, 1.165) is 22.9 Å². The number of anilines is 1. The zero-order valence-electron chi connectivity index (χ0n) is 11.3. The van der Waals surface area contributed by atoms with Crippen LogP contribution in [0.3, 0.4) is 0 Å². The fourth-order valence-electron chi connectivity index (χ4n) is 2.20. The normalized spacial score (nSPS) is 14.0. The van der Waals surface area contributed by atoms with Crippen molar-refractivity contribution < 1.29 is 4.92 Å². The summed E-state index contributed by atoms with van der Waals surface area (Å²) in [6.45, 7) is 1.30. The number of rotatable bonds is 3. The highest BCUT2D eigenvalue weighted by atomic mass is 32.2. The highest BCUT2D eigenvalue weighted by Crippen LogP contribution is 2.37. The molecule has 0 unspecified atom stereocenters. The molecule has 9 heteroatoms. The van der Waals surface area contributed by atoms with E-state index in [9.17, 15) is 10.1 Å². The van der Waals surface area contributed by atoms with Crippen molar-refractivity contribution in [1.82, 2.24) is 14.3 Å². The van der Waals surface area contributed by atoms with E-state index in [1.54, 1.807) is 39.5 Å². The Balaban J connectivity index is 1.96. The number of nitrogens with zero attached hydrogens (tertiary/aromatic N) is 5. The number of fused-ring (bicyclic) bond motifs is 1. The SMILES string of the molecule is Cn1cnn(CN2CCSc3ccc([N+](=O)[O-])cc32)c1=S. The van der Waals surface area contributed by atoms with Gasteiger partial charge >= 0.3 is 0 Å². The maximum absolute atomic E-state index is 11.0. The molecule has 0 fully saturated rings. The number of aromatic nitrogens is 3. The molecule has 1 aliphatic heterocycles. The molecule has 1 aromatic heterocycles. The third-order valence-corrected chi connectivity index (χ3v) is 4.85. The summed E-state index contributed by atoms with van der Waals surface area (Å²) in [5, 5.41) is 15.2. The summed E-state index contributed by atoms with van der Waals surface area (Å²) in [5.41, 5.74) is 0.971. The van der Waals surface area contributed by atoms with Crippen LogP contribution in [0.1, 0.15) is 0 Å². The monoisotopic (exact) mass is 323 g/mol. The second kappa shape index (κ2) is 5.49. The molecule has 1 aromatic carbocycles. The molecule has 1 aliphatic rings. The average Bonchev–Trinajstić information content (AvgIpc) is 2.79. The van der Waals surface area contributed by atoms with Gasteiger partial charge < -0.3 is 9.47 Å². The minimum Gasteiger partial charge on any atom is -0.350 e. The number of hydrogen-bond donors (Lipinski definition) is 0. The third kappa shape index (κ3) is 2.66. The van der Waals surface area contributed by atoms with Crippen molar-refractivity contribution >= 4 is 35.4 Å². The second-order valence-electron chi connectivity index (χ2n) is 4.69. The van der Waals surface area contributed by atoms with Gasteiger partial charge in [0, 0.05) is 36.4 Å². The quantitative estimate of drug-likeness (QED) is 0.491. The Morgan fingerprint density at radius 2 is 2.33 bits per heavy atom. The van der Waals surface area contributed by atoms with E-state index >= 15 is 0 Å². The topological polar surface area (TPSA) is 69.1 Å². The van der Waals surface area contributed by atoms with Gasteiger partial charge in [0.15, 0.2) is 4.77 Å². The van der Waals surface area contributed by atoms with Gasteiger partial charge in [-0.25, -0.2) is 4.68 Å². The first-order chi connectivity index (χ1) is 10.1. The summed E-state index contributed by atoms with van der Waals surface area (Å²) < 4.78 is 4.11. The van der Waals surface area contributed by atoms with Crippen LogP contribution in [0.5, 0.6) is 0 Å². The molecule has 0 bridgehead atoms. The van der Waals surface area contributed by atoms with Gasteiger partial charge in [-0.2, -0.15) is 5.10 Å². The van der Waals surface area contributed by atoms with Crippen LogP contribution >= 0.6 is 24.0 Å². The molecule has 0 N–H and O–H groups in total. The lowest BCUT2D eigenvalue weighted by molar-refractivity contribution is -0.384. The number of hydrogen-bond acceptors (Lipinski definition) is 6. The minimum absolute atomic E-state index is 0.103. The summed E-state index contributed by atoms with van der Waals surface area (Å²) >= 11 is 6.99. The summed E-state index contributed by atoms with van der Waals surface area (Å²) in [6, 6.07) is 4.97. The number of non-ortho nitro benzene ring substituents is 1. The van der Waals surface area contributed by atoms with E-state index in [1.807, 2.05) is 13.1 Å². The highest BCUT2D eigenvalue weighted by Gasteiger charge is 2.21. The van der Waals surface area contributed by atoms with Crippen LogP contribution in [-0.4, -0.2) is 31.6 Å². The van der Waals surface area contributed by atoms with Gasteiger partial charge in [0.25, 0.3) is 5.69 Å². The van der Waals surface area contributed by atoms with Crippen molar-refractivity contribution in [3.05, 3.63) is 39.4 Å². The number of nitro benzene ring substituents is 1. The lowest BCUT2D eigenvalue weighted by atomic mass is 10.2. The maximum Gasteiger partial charge on any atom is 0.271 e. The van der Waals surface area contributed by atoms with Gasteiger partial charge in [-0.3, -0.25) is 10.1 Å². The first kappa shape index (κ1) is 14.1. The molecule has 3 rings (SSSR count). The molecule has 2 heterocycles. The van der Waals surface area contributed by atoms with Crippen LogP contribution in [-0.2, 0) is 13.7 Å². The van der Waals surface area contributed by atoms with Gasteiger partial charge in [0.2, 0.25) is 0 Å². The summed E-state index contributed by atoms with van der Waals surface area (Å²) in [7, 11) is 1.84. The predicted octanol–water partition coefficient (Wildman–Crippen LogP) is 2.43. The zero-order valence-corrected chi connectivity index (χ0v) is 12.9. The molecule has 0 atom stereocenters. The second-order valence-corrected chi connectivity index (χ2v) is 6.19. The van der Waals surface area contributed by atoms with E-state index in [0.29, 0.717) is 11.4 Å². The lowest BCUT2D eigenvalue weighted by Crippen LogP contribution is -2.32. The standard InChI is InChI=1S/C12H13N5O2S2/c1-14-7-13-16(12(14)20)8-15-4-5-21-11-3-2-9(17(18)19)6-10(11)15/h2-3,6-7H,4-5,8H2,1H3. The molecule has 2 aromatic rings. The van der Waals surface area contributed by atoms with Gasteiger partial charge in [-0.1, -0.05) is 0 Å². The van der Waals surface area contributed by atoms with Crippen LogP contribution in [0.25, 0.3) is 0 Å². The molecular formula is C12H13N5O2S2. The van der Waals surface area contributed by atoms with Crippen LogP contribution in [0.2, 0.25) is 0 Å². The smallest absolute Gasteiger partial charge is 0.271 e. The Morgan fingerprint density at radius 1 is 1.52 bits per heavy atom. The maximum atomic E-state index is 11.0. The average molecular weight is 323 g/mol.